The summed E-state index contributed by atoms with van der Waals surface area (Å²) in [6.45, 7) is 5.62. The van der Waals surface area contributed by atoms with Crippen LogP contribution in [0, 0.1) is 0 Å². The number of benzene rings is 1. The summed E-state index contributed by atoms with van der Waals surface area (Å²) in [6, 6.07) is 11.1. The van der Waals surface area contributed by atoms with E-state index in [1.807, 2.05) is 22.8 Å². The van der Waals surface area contributed by atoms with Crippen LogP contribution in [0.25, 0.3) is 22.1 Å². The Morgan fingerprint density at radius 1 is 1.17 bits per heavy atom. The monoisotopic (exact) mass is 474 g/mol. The van der Waals surface area contributed by atoms with E-state index in [0.717, 1.165) is 16.9 Å². The van der Waals surface area contributed by atoms with Crippen molar-refractivity contribution in [3.63, 3.8) is 0 Å². The van der Waals surface area contributed by atoms with Crippen molar-refractivity contribution in [2.45, 2.75) is 51.3 Å². The minimum absolute atomic E-state index is 0.0179. The zero-order valence-electron chi connectivity index (χ0n) is 20.0. The number of imidazole rings is 1. The molecule has 2 atom stereocenters. The number of rotatable bonds is 7. The van der Waals surface area contributed by atoms with E-state index in [4.69, 9.17) is 10.7 Å². The van der Waals surface area contributed by atoms with Crippen LogP contribution in [-0.2, 0) is 11.3 Å². The Balaban J connectivity index is 1.27. The summed E-state index contributed by atoms with van der Waals surface area (Å²) in [6.07, 6.45) is 3.68. The number of aryl methyl sites for hydroxylation is 1. The van der Waals surface area contributed by atoms with Crippen LogP contribution in [0.15, 0.2) is 48.8 Å². The first-order valence-electron chi connectivity index (χ1n) is 12.0. The molecule has 0 bridgehead atoms. The molecule has 2 amide bonds. The molecule has 0 spiro atoms. The molecule has 1 fully saturated rings. The number of para-hydroxylation sites is 2. The molecular formula is C26H30N6O3. The highest BCUT2D eigenvalue weighted by molar-refractivity contribution is 6.04. The SMILES string of the molecule is CC(C)c1nc2ccccc2n1CCCC(=O)N1C[C@@H](O)[C@H](n2ccc3c(C(N)=O)ccnc32)C1. The van der Waals surface area contributed by atoms with Gasteiger partial charge in [0.25, 0.3) is 0 Å². The maximum absolute atomic E-state index is 13.0. The van der Waals surface area contributed by atoms with E-state index < -0.39 is 12.0 Å². The summed E-state index contributed by atoms with van der Waals surface area (Å²) in [5, 5.41) is 11.4. The fourth-order valence-corrected chi connectivity index (χ4v) is 5.10. The quantitative estimate of drug-likeness (QED) is 0.427. The average molecular weight is 475 g/mol. The highest BCUT2D eigenvalue weighted by Gasteiger charge is 2.35. The number of amides is 2. The number of pyridine rings is 1. The molecule has 9 heteroatoms. The summed E-state index contributed by atoms with van der Waals surface area (Å²) < 4.78 is 4.05. The number of likely N-dealkylation sites (tertiary alicyclic amines) is 1. The molecule has 9 nitrogen and oxygen atoms in total. The van der Waals surface area contributed by atoms with Gasteiger partial charge in [0.15, 0.2) is 0 Å². The summed E-state index contributed by atoms with van der Waals surface area (Å²) in [5.74, 6) is 0.805. The Kier molecular flexibility index (Phi) is 6.02. The van der Waals surface area contributed by atoms with Crippen molar-refractivity contribution in [3.8, 4) is 0 Å². The number of nitrogens with two attached hydrogens (primary N) is 1. The average Bonchev–Trinajstić information content (AvgIpc) is 3.53. The minimum Gasteiger partial charge on any atom is -0.389 e. The molecule has 1 aliphatic rings. The predicted octanol–water partition coefficient (Wildman–Crippen LogP) is 2.83. The van der Waals surface area contributed by atoms with Gasteiger partial charge in [-0.1, -0.05) is 26.0 Å². The first kappa shape index (κ1) is 23.0. The predicted molar refractivity (Wildman–Crippen MR) is 133 cm³/mol. The van der Waals surface area contributed by atoms with Crippen LogP contribution in [0.3, 0.4) is 0 Å². The van der Waals surface area contributed by atoms with E-state index in [-0.39, 0.29) is 24.4 Å². The topological polar surface area (TPSA) is 119 Å². The third-order valence-electron chi connectivity index (χ3n) is 6.82. The highest BCUT2D eigenvalue weighted by Crippen LogP contribution is 2.29. The van der Waals surface area contributed by atoms with Gasteiger partial charge in [0, 0.05) is 49.8 Å². The van der Waals surface area contributed by atoms with Gasteiger partial charge in [-0.15, -0.1) is 0 Å². The Hall–Kier alpha value is -3.72. The largest absolute Gasteiger partial charge is 0.389 e. The zero-order valence-corrected chi connectivity index (χ0v) is 20.0. The maximum Gasteiger partial charge on any atom is 0.249 e. The van der Waals surface area contributed by atoms with Crippen LogP contribution in [0.2, 0.25) is 0 Å². The van der Waals surface area contributed by atoms with Crippen LogP contribution in [-0.4, -0.2) is 60.1 Å². The second kappa shape index (κ2) is 9.14. The molecule has 4 heterocycles. The molecule has 5 rings (SSSR count). The molecule has 3 aromatic heterocycles. The molecule has 1 saturated heterocycles. The standard InChI is InChI=1S/C26H30N6O3/c1-16(2)25-29-19-6-3-4-7-20(19)31(25)12-5-8-23(34)30-14-21(22(33)15-30)32-13-10-18-17(24(27)35)9-11-28-26(18)32/h3-4,6-7,9-11,13,16,21-22,33H,5,8,12,14-15H2,1-2H3,(H2,27,35)/t21-,22-/m1/s1. The van der Waals surface area contributed by atoms with Gasteiger partial charge in [0.1, 0.15) is 11.5 Å². The molecule has 0 saturated carbocycles. The van der Waals surface area contributed by atoms with Crippen LogP contribution >= 0.6 is 0 Å². The Morgan fingerprint density at radius 2 is 1.97 bits per heavy atom. The van der Waals surface area contributed by atoms with Gasteiger partial charge in [-0.05, 0) is 30.7 Å². The summed E-state index contributed by atoms with van der Waals surface area (Å²) in [7, 11) is 0. The van der Waals surface area contributed by atoms with E-state index in [0.29, 0.717) is 42.5 Å². The van der Waals surface area contributed by atoms with Crippen molar-refractivity contribution >= 4 is 33.9 Å². The molecule has 4 aromatic rings. The van der Waals surface area contributed by atoms with E-state index >= 15 is 0 Å². The fraction of sp³-hybridized carbons (Fsp3) is 0.385. The lowest BCUT2D eigenvalue weighted by Gasteiger charge is -2.18. The number of nitrogens with zero attached hydrogens (tertiary/aromatic N) is 5. The Morgan fingerprint density at radius 3 is 2.74 bits per heavy atom. The van der Waals surface area contributed by atoms with Crippen LogP contribution in [0.5, 0.6) is 0 Å². The van der Waals surface area contributed by atoms with Gasteiger partial charge in [0.2, 0.25) is 11.8 Å². The second-order valence-electron chi connectivity index (χ2n) is 9.49. The van der Waals surface area contributed by atoms with Gasteiger partial charge in [-0.3, -0.25) is 9.59 Å². The number of carbonyl (C=O) groups excluding carboxylic acids is 2. The highest BCUT2D eigenvalue weighted by atomic mass is 16.3. The number of hydrogen-bond donors (Lipinski definition) is 2. The van der Waals surface area contributed by atoms with Crippen molar-refractivity contribution < 1.29 is 14.7 Å². The van der Waals surface area contributed by atoms with Gasteiger partial charge in [0.05, 0.1) is 28.7 Å². The lowest BCUT2D eigenvalue weighted by atomic mass is 10.2. The van der Waals surface area contributed by atoms with Gasteiger partial charge >= 0.3 is 0 Å². The van der Waals surface area contributed by atoms with Crippen LogP contribution < -0.4 is 5.73 Å². The third-order valence-corrected chi connectivity index (χ3v) is 6.82. The summed E-state index contributed by atoms with van der Waals surface area (Å²) >= 11 is 0. The van der Waals surface area contributed by atoms with E-state index in [2.05, 4.69) is 29.5 Å². The number of aliphatic hydroxyl groups is 1. The van der Waals surface area contributed by atoms with Crippen molar-refractivity contribution in [1.82, 2.24) is 24.0 Å². The number of β-amino-alcohol motifs (C(OH)–C–C–N with tert-alkyl or cyclic N) is 1. The van der Waals surface area contributed by atoms with E-state index in [1.54, 1.807) is 23.2 Å². The van der Waals surface area contributed by atoms with Crippen molar-refractivity contribution in [2.75, 3.05) is 13.1 Å². The Labute approximate surface area is 203 Å². The number of aliphatic hydroxyl groups excluding tert-OH is 1. The lowest BCUT2D eigenvalue weighted by molar-refractivity contribution is -0.130. The minimum atomic E-state index is -0.723. The fourth-order valence-electron chi connectivity index (χ4n) is 5.10. The van der Waals surface area contributed by atoms with Crippen molar-refractivity contribution in [1.29, 1.82) is 0 Å². The molecule has 3 N–H and O–H groups in total. The number of hydrogen-bond acceptors (Lipinski definition) is 5. The van der Waals surface area contributed by atoms with Crippen molar-refractivity contribution in [2.24, 2.45) is 5.73 Å². The second-order valence-corrected chi connectivity index (χ2v) is 9.49. The molecule has 0 unspecified atom stereocenters. The van der Waals surface area contributed by atoms with Gasteiger partial charge < -0.3 is 24.9 Å². The molecule has 1 aliphatic heterocycles. The molecule has 35 heavy (non-hydrogen) atoms. The molecule has 0 aliphatic carbocycles. The van der Waals surface area contributed by atoms with E-state index in [9.17, 15) is 14.7 Å². The van der Waals surface area contributed by atoms with Crippen molar-refractivity contribution in [3.05, 3.63) is 60.2 Å². The molecule has 1 aromatic carbocycles. The van der Waals surface area contributed by atoms with Gasteiger partial charge in [-0.2, -0.15) is 0 Å². The summed E-state index contributed by atoms with van der Waals surface area (Å²) in [5.41, 5.74) is 8.51. The van der Waals surface area contributed by atoms with Crippen LogP contribution in [0.4, 0.5) is 0 Å². The van der Waals surface area contributed by atoms with Gasteiger partial charge in [-0.25, -0.2) is 9.97 Å². The first-order chi connectivity index (χ1) is 16.8. The number of aromatic nitrogens is 4. The lowest BCUT2D eigenvalue weighted by Crippen LogP contribution is -2.29. The molecule has 182 valence electrons. The molecular weight excluding hydrogens is 444 g/mol. The van der Waals surface area contributed by atoms with Crippen LogP contribution in [0.1, 0.15) is 54.8 Å². The molecule has 0 radical (unpaired) electrons. The number of fused-ring (bicyclic) bond motifs is 2. The summed E-state index contributed by atoms with van der Waals surface area (Å²) in [4.78, 5) is 35.7. The third kappa shape index (κ3) is 4.16. The zero-order chi connectivity index (χ0) is 24.7. The number of primary amides is 1. The van der Waals surface area contributed by atoms with E-state index in [1.165, 1.54) is 6.20 Å². The first-order valence-corrected chi connectivity index (χ1v) is 12.0. The Bertz CT molecular complexity index is 1400. The smallest absolute Gasteiger partial charge is 0.249 e. The number of carbonyl (C=O) groups is 2. The maximum atomic E-state index is 13.0. The normalized spacial score (nSPS) is 18.2.